The summed E-state index contributed by atoms with van der Waals surface area (Å²) in [6.45, 7) is 0. The van der Waals surface area contributed by atoms with Gasteiger partial charge < -0.3 is 14.7 Å². The molecule has 0 unspecified atom stereocenters. The molecule has 9 nitrogen and oxygen atoms in total. The quantitative estimate of drug-likeness (QED) is 0.252. The molecule has 12 heavy (non-hydrogen) atoms. The first-order valence-corrected chi connectivity index (χ1v) is 5.20. The molecule has 0 heterocycles. The molecule has 0 aromatic heterocycles. The van der Waals surface area contributed by atoms with Crippen LogP contribution in [0.25, 0.3) is 0 Å². The van der Waals surface area contributed by atoms with E-state index in [1.165, 1.54) is 0 Å². The molecule has 0 fully saturated rings. The molecule has 75 valence electrons. The fourth-order valence-electron chi connectivity index (χ4n) is 0. The summed E-state index contributed by atoms with van der Waals surface area (Å²) in [4.78, 5) is 21.6. The van der Waals surface area contributed by atoms with Crippen molar-refractivity contribution >= 4 is 18.2 Å². The van der Waals surface area contributed by atoms with Crippen molar-refractivity contribution in [1.29, 1.82) is 0 Å². The van der Waals surface area contributed by atoms with Crippen LogP contribution in [-0.4, -0.2) is 32.2 Å². The number of hydrogen-bond donors (Lipinski definition) is 5. The van der Waals surface area contributed by atoms with Gasteiger partial charge in [0.2, 0.25) is 0 Å². The second-order valence-electron chi connectivity index (χ2n) is 0.961. The van der Waals surface area contributed by atoms with Crippen LogP contribution in [0.1, 0.15) is 0 Å². The number of phosphoric acid groups is 1. The van der Waals surface area contributed by atoms with Crippen molar-refractivity contribution in [3.8, 4) is 0 Å². The molecule has 0 spiro atoms. The van der Waals surface area contributed by atoms with Gasteiger partial charge in [-0.2, -0.15) is 8.42 Å². The van der Waals surface area contributed by atoms with Gasteiger partial charge in [-0.15, -0.1) is 0 Å². The van der Waals surface area contributed by atoms with E-state index >= 15 is 0 Å². The number of rotatable bonds is 0. The van der Waals surface area contributed by atoms with Crippen molar-refractivity contribution in [3.05, 3.63) is 0 Å². The predicted molar refractivity (Wildman–Crippen MR) is 29.1 cm³/mol. The Morgan fingerprint density at radius 2 is 1.00 bits per heavy atom. The summed E-state index contributed by atoms with van der Waals surface area (Å²) in [5, 5.41) is 0. The van der Waals surface area contributed by atoms with Gasteiger partial charge >= 0.3 is 39.3 Å². The number of hydrogen-bond acceptors (Lipinski definition) is 4. The van der Waals surface area contributed by atoms with Crippen LogP contribution < -0.4 is 0 Å². The Morgan fingerprint density at radius 3 is 1.00 bits per heavy atom. The molecule has 0 saturated heterocycles. The van der Waals surface area contributed by atoms with Crippen molar-refractivity contribution in [2.24, 2.45) is 0 Å². The monoisotopic (exact) mass is 263 g/mol. The molecule has 0 aromatic carbocycles. The molecule has 5 N–H and O–H groups in total. The summed E-state index contributed by atoms with van der Waals surface area (Å²) in [7, 11) is -9.31. The molecule has 0 aromatic rings. The van der Waals surface area contributed by atoms with Gasteiger partial charge in [-0.3, -0.25) is 9.11 Å². The van der Waals surface area contributed by atoms with E-state index in [0.29, 0.717) is 0 Å². The van der Waals surface area contributed by atoms with Crippen LogP contribution in [0, 0.1) is 0 Å². The van der Waals surface area contributed by atoms with E-state index in [-0.39, 0.29) is 0 Å². The van der Waals surface area contributed by atoms with Crippen LogP contribution in [0.4, 0.5) is 0 Å². The maximum absolute atomic E-state index is 8.88. The zero-order chi connectivity index (χ0) is 11.0. The van der Waals surface area contributed by atoms with Gasteiger partial charge in [0.05, 0.1) is 0 Å². The topological polar surface area (TPSA) is 169 Å². The maximum atomic E-state index is 8.88. The van der Waals surface area contributed by atoms with Crippen molar-refractivity contribution in [2.45, 2.75) is 0 Å². The summed E-state index contributed by atoms with van der Waals surface area (Å²) in [5.41, 5.74) is 0. The van der Waals surface area contributed by atoms with Crippen LogP contribution in [0.5, 0.6) is 0 Å². The molecule has 0 radical (unpaired) electrons. The molecular formula is H5O9PSV. The molecule has 0 aliphatic carbocycles. The standard InChI is InChI=1S/H3O4P.H2O4S.O.V/c2*1-5(2,3)4;;/h(H3,1,2,3,4);(H2,1,2,3,4);;. The van der Waals surface area contributed by atoms with Crippen LogP contribution >= 0.6 is 7.82 Å². The molecular weight excluding hydrogens is 258 g/mol. The van der Waals surface area contributed by atoms with E-state index in [1.54, 1.807) is 0 Å². The van der Waals surface area contributed by atoms with E-state index in [9.17, 15) is 0 Å². The average Bonchev–Trinajstić information content (AvgIpc) is 1.59. The summed E-state index contributed by atoms with van der Waals surface area (Å²) in [6.07, 6.45) is 0. The Labute approximate surface area is 76.4 Å². The minimum atomic E-state index is -4.67. The molecule has 0 atom stereocenters. The molecule has 0 saturated carbocycles. The SMILES string of the molecule is O=P(O)(O)O.O=S(=O)(O)O.[O]=[V]. The van der Waals surface area contributed by atoms with Crippen LogP contribution in [0.15, 0.2) is 0 Å². The second-order valence-corrected chi connectivity index (χ2v) is 2.88. The van der Waals surface area contributed by atoms with E-state index in [2.05, 4.69) is 0 Å². The first-order chi connectivity index (χ1) is 5.00. The third-order valence-corrected chi connectivity index (χ3v) is 0. The summed E-state index contributed by atoms with van der Waals surface area (Å²) in [5.74, 6) is 0. The van der Waals surface area contributed by atoms with Crippen LogP contribution in [0.3, 0.4) is 0 Å². The van der Waals surface area contributed by atoms with E-state index in [0.717, 1.165) is 17.4 Å². The van der Waals surface area contributed by atoms with Crippen molar-refractivity contribution in [2.75, 3.05) is 0 Å². The Morgan fingerprint density at radius 1 is 1.00 bits per heavy atom. The fraction of sp³-hybridized carbons (Fsp3) is 0. The van der Waals surface area contributed by atoms with Crippen molar-refractivity contribution in [3.63, 3.8) is 0 Å². The van der Waals surface area contributed by atoms with E-state index in [4.69, 9.17) is 40.4 Å². The summed E-state index contributed by atoms with van der Waals surface area (Å²) >= 11 is 1.06. The van der Waals surface area contributed by atoms with Crippen molar-refractivity contribution in [1.82, 2.24) is 0 Å². The van der Waals surface area contributed by atoms with Gasteiger partial charge in [0.25, 0.3) is 0 Å². The van der Waals surface area contributed by atoms with Gasteiger partial charge in [-0.1, -0.05) is 0 Å². The van der Waals surface area contributed by atoms with Crippen LogP contribution in [0.2, 0.25) is 0 Å². The average molecular weight is 263 g/mol. The summed E-state index contributed by atoms with van der Waals surface area (Å²) in [6, 6.07) is 0. The van der Waals surface area contributed by atoms with Gasteiger partial charge in [0.15, 0.2) is 0 Å². The molecule has 0 aliphatic heterocycles. The summed E-state index contributed by atoms with van der Waals surface area (Å²) < 4.78 is 48.7. The van der Waals surface area contributed by atoms with Gasteiger partial charge in [0, 0.05) is 0 Å². The zero-order valence-corrected chi connectivity index (χ0v) is 8.28. The van der Waals surface area contributed by atoms with Gasteiger partial charge in [-0.25, -0.2) is 4.57 Å². The molecule has 0 rings (SSSR count). The first kappa shape index (κ1) is 18.2. The first-order valence-electron chi connectivity index (χ1n) is 1.66. The second kappa shape index (κ2) is 7.99. The zero-order valence-electron chi connectivity index (χ0n) is 5.17. The van der Waals surface area contributed by atoms with E-state index in [1.807, 2.05) is 0 Å². The Hall–Kier alpha value is 0.364. The Balaban J connectivity index is -0.000000112. The molecule has 0 aliphatic rings. The van der Waals surface area contributed by atoms with Crippen LogP contribution in [-0.2, 0) is 36.0 Å². The third-order valence-electron chi connectivity index (χ3n) is 0. The third kappa shape index (κ3) is 6840. The fourth-order valence-corrected chi connectivity index (χ4v) is 0. The van der Waals surface area contributed by atoms with Crippen molar-refractivity contribution < 1.29 is 57.8 Å². The van der Waals surface area contributed by atoms with E-state index < -0.39 is 18.2 Å². The predicted octanol–water partition coefficient (Wildman–Crippen LogP) is -1.70. The Bertz CT molecular complexity index is 205. The minimum absolute atomic E-state index is 1.06. The Kier molecular flexibility index (Phi) is 12.1. The molecule has 0 bridgehead atoms. The van der Waals surface area contributed by atoms with Gasteiger partial charge in [0.1, 0.15) is 0 Å². The molecule has 12 heteroatoms. The van der Waals surface area contributed by atoms with Gasteiger partial charge in [-0.05, 0) is 0 Å². The molecule has 0 amide bonds. The normalized spacial score (nSPS) is 10.0.